The van der Waals surface area contributed by atoms with Gasteiger partial charge in [-0.2, -0.15) is 0 Å². The van der Waals surface area contributed by atoms with Crippen molar-refractivity contribution >= 4 is 51.2 Å². The fraction of sp³-hybridized carbons (Fsp3) is 0.286. The largest absolute Gasteiger partial charge is 0.497 e. The first-order chi connectivity index (χ1) is 14.3. The quantitative estimate of drug-likeness (QED) is 0.424. The van der Waals surface area contributed by atoms with Crippen LogP contribution in [0.2, 0.25) is 0 Å². The Labute approximate surface area is 188 Å². The monoisotopic (exact) mass is 494 g/mol. The van der Waals surface area contributed by atoms with Gasteiger partial charge < -0.3 is 19.7 Å². The number of nitrogens with one attached hydrogen (secondary N) is 1. The van der Waals surface area contributed by atoms with Crippen molar-refractivity contribution in [2.24, 2.45) is 0 Å². The average Bonchev–Trinajstić information content (AvgIpc) is 2.71. The first kappa shape index (κ1) is 23.8. The highest BCUT2D eigenvalue weighted by molar-refractivity contribution is 9.10. The molecule has 2 rings (SSSR count). The Bertz CT molecular complexity index is 922. The molecular weight excluding hydrogens is 472 g/mol. The fourth-order valence-corrected chi connectivity index (χ4v) is 3.69. The molecule has 7 nitrogen and oxygen atoms in total. The maximum atomic E-state index is 12.1. The van der Waals surface area contributed by atoms with Gasteiger partial charge in [0.1, 0.15) is 5.75 Å². The van der Waals surface area contributed by atoms with Gasteiger partial charge in [-0.15, -0.1) is 11.8 Å². The van der Waals surface area contributed by atoms with Gasteiger partial charge in [0.2, 0.25) is 5.91 Å². The van der Waals surface area contributed by atoms with Crippen molar-refractivity contribution in [1.82, 2.24) is 4.90 Å². The number of rotatable bonds is 9. The van der Waals surface area contributed by atoms with Crippen LogP contribution in [-0.2, 0) is 19.1 Å². The summed E-state index contributed by atoms with van der Waals surface area (Å²) in [5.41, 5.74) is 1.60. The third-order valence-electron chi connectivity index (χ3n) is 4.00. The number of aryl methyl sites for hydroxylation is 1. The number of hydrogen-bond donors (Lipinski definition) is 1. The Morgan fingerprint density at radius 3 is 2.63 bits per heavy atom. The van der Waals surface area contributed by atoms with E-state index in [1.54, 1.807) is 24.3 Å². The summed E-state index contributed by atoms with van der Waals surface area (Å²) in [5, 5.41) is 2.69. The molecule has 0 saturated carbocycles. The second-order valence-corrected chi connectivity index (χ2v) is 8.32. The molecule has 0 aliphatic carbocycles. The van der Waals surface area contributed by atoms with Gasteiger partial charge in [-0.25, -0.2) is 0 Å². The fourth-order valence-electron chi connectivity index (χ4n) is 2.41. The highest BCUT2D eigenvalue weighted by Gasteiger charge is 2.16. The topological polar surface area (TPSA) is 84.9 Å². The summed E-state index contributed by atoms with van der Waals surface area (Å²) in [6.45, 7) is 1.37. The van der Waals surface area contributed by atoms with E-state index >= 15 is 0 Å². The van der Waals surface area contributed by atoms with Crippen molar-refractivity contribution in [2.45, 2.75) is 11.8 Å². The van der Waals surface area contributed by atoms with Crippen LogP contribution in [0.1, 0.15) is 5.56 Å². The number of hydrogen-bond acceptors (Lipinski definition) is 6. The molecular formula is C21H23BrN2O5S. The molecule has 0 saturated heterocycles. The number of carbonyl (C=O) groups excluding carboxylic acids is 3. The van der Waals surface area contributed by atoms with Gasteiger partial charge in [0, 0.05) is 28.2 Å². The third kappa shape index (κ3) is 7.72. The summed E-state index contributed by atoms with van der Waals surface area (Å²) in [6, 6.07) is 12.7. The van der Waals surface area contributed by atoms with Crippen molar-refractivity contribution < 1.29 is 23.9 Å². The number of nitrogens with zero attached hydrogens (tertiary/aromatic N) is 1. The van der Waals surface area contributed by atoms with Crippen molar-refractivity contribution in [2.75, 3.05) is 38.4 Å². The van der Waals surface area contributed by atoms with Crippen LogP contribution in [0.25, 0.3) is 0 Å². The molecule has 0 atom stereocenters. The summed E-state index contributed by atoms with van der Waals surface area (Å²) in [5.74, 6) is -0.624. The lowest BCUT2D eigenvalue weighted by Crippen LogP contribution is -2.37. The van der Waals surface area contributed by atoms with Crippen LogP contribution in [-0.4, -0.2) is 55.7 Å². The molecule has 30 heavy (non-hydrogen) atoms. The molecule has 0 unspecified atom stereocenters. The lowest BCUT2D eigenvalue weighted by Gasteiger charge is -2.17. The molecule has 0 bridgehead atoms. The minimum Gasteiger partial charge on any atom is -0.497 e. The predicted molar refractivity (Wildman–Crippen MR) is 120 cm³/mol. The van der Waals surface area contributed by atoms with E-state index in [9.17, 15) is 14.4 Å². The van der Waals surface area contributed by atoms with Gasteiger partial charge in [-0.1, -0.05) is 22.0 Å². The molecule has 2 aromatic carbocycles. The van der Waals surface area contributed by atoms with Crippen molar-refractivity contribution in [3.63, 3.8) is 0 Å². The maximum Gasteiger partial charge on any atom is 0.316 e. The van der Waals surface area contributed by atoms with E-state index in [1.807, 2.05) is 25.1 Å². The maximum absolute atomic E-state index is 12.1. The molecule has 2 amide bonds. The molecule has 160 valence electrons. The Morgan fingerprint density at radius 2 is 1.93 bits per heavy atom. The van der Waals surface area contributed by atoms with Gasteiger partial charge in [-0.3, -0.25) is 14.4 Å². The predicted octanol–water partition coefficient (Wildman–Crippen LogP) is 3.50. The zero-order valence-electron chi connectivity index (χ0n) is 16.9. The molecule has 0 fully saturated rings. The third-order valence-corrected chi connectivity index (χ3v) is 5.64. The minimum absolute atomic E-state index is 0.0930. The SMILES string of the molecule is COc1cccc(NC(=O)CN(C)C(=O)COC(=O)CSc2ccc(Br)cc2C)c1. The number of halogens is 1. The zero-order valence-corrected chi connectivity index (χ0v) is 19.3. The van der Waals surface area contributed by atoms with Gasteiger partial charge >= 0.3 is 5.97 Å². The minimum atomic E-state index is -0.495. The van der Waals surface area contributed by atoms with Crippen molar-refractivity contribution in [3.8, 4) is 5.75 Å². The van der Waals surface area contributed by atoms with Crippen LogP contribution in [0, 0.1) is 6.92 Å². The standard InChI is InChI=1S/C21H23BrN2O5S/c1-14-9-15(22)7-8-18(14)30-13-21(27)29-12-20(26)24(2)11-19(25)23-16-5-4-6-17(10-16)28-3/h4-10H,11-13H2,1-3H3,(H,23,25). The van der Waals surface area contributed by atoms with E-state index in [1.165, 1.54) is 30.8 Å². The Kier molecular flexibility index (Phi) is 9.19. The summed E-state index contributed by atoms with van der Waals surface area (Å²) in [6.07, 6.45) is 0. The van der Waals surface area contributed by atoms with Gasteiger partial charge in [-0.05, 0) is 42.8 Å². The molecule has 1 N–H and O–H groups in total. The Morgan fingerprint density at radius 1 is 1.17 bits per heavy atom. The Hall–Kier alpha value is -2.52. The molecule has 0 radical (unpaired) electrons. The number of benzene rings is 2. The molecule has 0 aliphatic heterocycles. The van der Waals surface area contributed by atoms with Crippen LogP contribution >= 0.6 is 27.7 Å². The molecule has 9 heteroatoms. The summed E-state index contributed by atoms with van der Waals surface area (Å²) in [7, 11) is 3.01. The zero-order chi connectivity index (χ0) is 22.1. The molecule has 0 aromatic heterocycles. The van der Waals surface area contributed by atoms with Gasteiger partial charge in [0.15, 0.2) is 6.61 Å². The van der Waals surface area contributed by atoms with E-state index in [4.69, 9.17) is 9.47 Å². The molecule has 0 heterocycles. The Balaban J connectivity index is 1.73. The van der Waals surface area contributed by atoms with E-state index in [2.05, 4.69) is 21.2 Å². The highest BCUT2D eigenvalue weighted by atomic mass is 79.9. The van der Waals surface area contributed by atoms with E-state index < -0.39 is 18.5 Å². The lowest BCUT2D eigenvalue weighted by molar-refractivity contribution is -0.149. The number of thioether (sulfide) groups is 1. The second-order valence-electron chi connectivity index (χ2n) is 6.39. The number of esters is 1. The van der Waals surface area contributed by atoms with Crippen LogP contribution in [0.3, 0.4) is 0 Å². The van der Waals surface area contributed by atoms with Crippen molar-refractivity contribution in [3.05, 3.63) is 52.5 Å². The van der Waals surface area contributed by atoms with E-state index in [-0.39, 0.29) is 18.2 Å². The number of likely N-dealkylation sites (N-methyl/N-ethyl adjacent to an activating group) is 1. The van der Waals surface area contributed by atoms with Crippen LogP contribution < -0.4 is 10.1 Å². The second kappa shape index (κ2) is 11.6. The number of carbonyl (C=O) groups is 3. The summed E-state index contributed by atoms with van der Waals surface area (Å²) < 4.78 is 11.1. The van der Waals surface area contributed by atoms with Gasteiger partial charge in [0.25, 0.3) is 5.91 Å². The van der Waals surface area contributed by atoms with E-state index in [0.29, 0.717) is 11.4 Å². The van der Waals surface area contributed by atoms with Crippen molar-refractivity contribution in [1.29, 1.82) is 0 Å². The summed E-state index contributed by atoms with van der Waals surface area (Å²) in [4.78, 5) is 38.4. The molecule has 2 aromatic rings. The van der Waals surface area contributed by atoms with Crippen LogP contribution in [0.15, 0.2) is 51.8 Å². The number of amides is 2. The first-order valence-corrected chi connectivity index (χ1v) is 10.8. The van der Waals surface area contributed by atoms with Gasteiger partial charge in [0.05, 0.1) is 19.4 Å². The molecule has 0 spiro atoms. The highest BCUT2D eigenvalue weighted by Crippen LogP contribution is 2.25. The van der Waals surface area contributed by atoms with Crippen LogP contribution in [0.4, 0.5) is 5.69 Å². The summed E-state index contributed by atoms with van der Waals surface area (Å²) >= 11 is 4.74. The van der Waals surface area contributed by atoms with E-state index in [0.717, 1.165) is 14.9 Å². The lowest BCUT2D eigenvalue weighted by atomic mass is 10.2. The molecule has 0 aliphatic rings. The number of anilines is 1. The number of methoxy groups -OCH3 is 1. The smallest absolute Gasteiger partial charge is 0.316 e. The normalized spacial score (nSPS) is 10.3. The first-order valence-electron chi connectivity index (χ1n) is 9.01. The average molecular weight is 495 g/mol. The van der Waals surface area contributed by atoms with Crippen LogP contribution in [0.5, 0.6) is 5.75 Å². The number of ether oxygens (including phenoxy) is 2.